The van der Waals surface area contributed by atoms with Crippen LogP contribution in [0.15, 0.2) is 21.4 Å². The van der Waals surface area contributed by atoms with Crippen LogP contribution >= 0.6 is 0 Å². The number of carbonyl (C=O) groups excluding carboxylic acids is 1. The van der Waals surface area contributed by atoms with Gasteiger partial charge in [-0.3, -0.25) is 4.79 Å². The molecule has 13 heavy (non-hydrogen) atoms. The second-order valence-electron chi connectivity index (χ2n) is 2.34. The number of hydrogen-bond donors (Lipinski definition) is 3. The molecule has 0 aromatic carbocycles. The summed E-state index contributed by atoms with van der Waals surface area (Å²) in [6.07, 6.45) is 1.02. The van der Waals surface area contributed by atoms with E-state index < -0.39 is 5.91 Å². The van der Waals surface area contributed by atoms with Crippen LogP contribution in [0.3, 0.4) is 0 Å². The van der Waals surface area contributed by atoms with Crippen molar-refractivity contribution in [1.82, 2.24) is 0 Å². The Kier molecular flexibility index (Phi) is 4.21. The number of hydrogen-bond acceptors (Lipinski definition) is 3. The number of amides is 1. The lowest BCUT2D eigenvalue weighted by Crippen LogP contribution is -2.14. The molecule has 0 heterocycles. The summed E-state index contributed by atoms with van der Waals surface area (Å²) in [6.45, 7) is 3.07. The minimum atomic E-state index is -0.606. The molecule has 72 valence electrons. The summed E-state index contributed by atoms with van der Waals surface area (Å²) >= 11 is 0. The molecule has 0 aliphatic heterocycles. The lowest BCUT2D eigenvalue weighted by molar-refractivity contribution is -0.114. The van der Waals surface area contributed by atoms with Gasteiger partial charge in [-0.1, -0.05) is 0 Å². The van der Waals surface area contributed by atoms with Crippen molar-refractivity contribution in [2.75, 3.05) is 0 Å². The lowest BCUT2D eigenvalue weighted by atomic mass is 10.3. The molecule has 0 aliphatic rings. The fourth-order valence-electron chi connectivity index (χ4n) is 0.557. The van der Waals surface area contributed by atoms with Crippen LogP contribution in [0.5, 0.6) is 0 Å². The maximum Gasteiger partial charge on any atom is 0.248 e. The predicted octanol–water partition coefficient (Wildman–Crippen LogP) is -0.933. The van der Waals surface area contributed by atoms with Gasteiger partial charge in [0, 0.05) is 0 Å². The Morgan fingerprint density at radius 1 is 1.31 bits per heavy atom. The van der Waals surface area contributed by atoms with E-state index in [9.17, 15) is 4.79 Å². The Bertz CT molecular complexity index is 285. The van der Waals surface area contributed by atoms with Gasteiger partial charge in [-0.05, 0) is 13.8 Å². The van der Waals surface area contributed by atoms with E-state index in [0.717, 1.165) is 6.34 Å². The fourth-order valence-corrected chi connectivity index (χ4v) is 0.557. The molecular weight excluding hydrogens is 170 g/mol. The highest BCUT2D eigenvalue weighted by Crippen LogP contribution is 2.05. The summed E-state index contributed by atoms with van der Waals surface area (Å²) in [5, 5.41) is 0. The molecular formula is C7H13N5O. The van der Waals surface area contributed by atoms with Crippen molar-refractivity contribution in [3.05, 3.63) is 11.4 Å². The van der Waals surface area contributed by atoms with E-state index in [1.165, 1.54) is 6.92 Å². The smallest absolute Gasteiger partial charge is 0.248 e. The molecule has 0 aromatic rings. The van der Waals surface area contributed by atoms with Gasteiger partial charge in [0.15, 0.2) is 5.82 Å². The Morgan fingerprint density at radius 2 is 1.85 bits per heavy atom. The first kappa shape index (κ1) is 11.2. The third-order valence-corrected chi connectivity index (χ3v) is 1.18. The molecule has 0 rings (SSSR count). The molecule has 1 amide bonds. The highest BCUT2D eigenvalue weighted by Gasteiger charge is 2.04. The summed E-state index contributed by atoms with van der Waals surface area (Å²) in [5.74, 6) is -0.193. The van der Waals surface area contributed by atoms with E-state index >= 15 is 0 Å². The molecule has 6 heteroatoms. The Labute approximate surface area is 76.2 Å². The SMILES string of the molecule is CC(N)=N/C(N=CN)=C(/C)C(N)=O. The first-order valence-electron chi connectivity index (χ1n) is 3.54. The second-order valence-corrected chi connectivity index (χ2v) is 2.34. The van der Waals surface area contributed by atoms with Gasteiger partial charge in [0.1, 0.15) is 0 Å². The zero-order valence-corrected chi connectivity index (χ0v) is 7.61. The summed E-state index contributed by atoms with van der Waals surface area (Å²) in [6, 6.07) is 0. The zero-order valence-electron chi connectivity index (χ0n) is 7.61. The molecule has 0 saturated carbocycles. The number of primary amides is 1. The molecule has 6 N–H and O–H groups in total. The van der Waals surface area contributed by atoms with Crippen LogP contribution in [0.1, 0.15) is 13.8 Å². The molecule has 0 atom stereocenters. The largest absolute Gasteiger partial charge is 0.390 e. The Hall–Kier alpha value is -1.85. The van der Waals surface area contributed by atoms with E-state index in [4.69, 9.17) is 17.2 Å². The molecule has 0 aromatic heterocycles. The molecule has 0 unspecified atom stereocenters. The number of nitrogens with zero attached hydrogens (tertiary/aromatic N) is 2. The summed E-state index contributed by atoms with van der Waals surface area (Å²) in [5.41, 5.74) is 15.6. The fraction of sp³-hybridized carbons (Fsp3) is 0.286. The predicted molar refractivity (Wildman–Crippen MR) is 51.9 cm³/mol. The van der Waals surface area contributed by atoms with E-state index in [1.54, 1.807) is 6.92 Å². The number of rotatable bonds is 3. The third kappa shape index (κ3) is 3.90. The minimum absolute atomic E-state index is 0.134. The third-order valence-electron chi connectivity index (χ3n) is 1.18. The van der Waals surface area contributed by atoms with E-state index in [2.05, 4.69) is 9.98 Å². The van der Waals surface area contributed by atoms with Crippen molar-refractivity contribution >= 4 is 18.1 Å². The van der Waals surface area contributed by atoms with Gasteiger partial charge in [0.2, 0.25) is 5.91 Å². The monoisotopic (exact) mass is 183 g/mol. The van der Waals surface area contributed by atoms with Gasteiger partial charge in [0.05, 0.1) is 17.7 Å². The average Bonchev–Trinajstić information content (AvgIpc) is 2.01. The first-order chi connectivity index (χ1) is 5.99. The Morgan fingerprint density at radius 3 is 2.15 bits per heavy atom. The Balaban J connectivity index is 5.12. The first-order valence-corrected chi connectivity index (χ1v) is 3.54. The molecule has 0 aliphatic carbocycles. The van der Waals surface area contributed by atoms with Gasteiger partial charge in [0.25, 0.3) is 0 Å². The highest BCUT2D eigenvalue weighted by molar-refractivity contribution is 5.93. The van der Waals surface area contributed by atoms with Crippen molar-refractivity contribution < 1.29 is 4.79 Å². The summed E-state index contributed by atoms with van der Waals surface area (Å²) < 4.78 is 0. The van der Waals surface area contributed by atoms with Crippen LogP contribution in [0, 0.1) is 0 Å². The van der Waals surface area contributed by atoms with Crippen molar-refractivity contribution in [3.63, 3.8) is 0 Å². The van der Waals surface area contributed by atoms with Gasteiger partial charge in [-0.25, -0.2) is 9.98 Å². The second kappa shape index (κ2) is 4.91. The van der Waals surface area contributed by atoms with Crippen LogP contribution in [-0.4, -0.2) is 18.1 Å². The zero-order chi connectivity index (χ0) is 10.4. The normalized spacial score (nSPS) is 14.5. The van der Waals surface area contributed by atoms with Crippen LogP contribution in [-0.2, 0) is 4.79 Å². The molecule has 6 nitrogen and oxygen atoms in total. The lowest BCUT2D eigenvalue weighted by Gasteiger charge is -1.98. The summed E-state index contributed by atoms with van der Waals surface area (Å²) in [4.78, 5) is 18.2. The van der Waals surface area contributed by atoms with E-state index in [1.807, 2.05) is 0 Å². The summed E-state index contributed by atoms with van der Waals surface area (Å²) in [7, 11) is 0. The minimum Gasteiger partial charge on any atom is -0.390 e. The quantitative estimate of drug-likeness (QED) is 0.297. The van der Waals surface area contributed by atoms with Crippen LogP contribution in [0.25, 0.3) is 0 Å². The number of amidine groups is 1. The van der Waals surface area contributed by atoms with Crippen LogP contribution in [0.4, 0.5) is 0 Å². The van der Waals surface area contributed by atoms with E-state index in [0.29, 0.717) is 0 Å². The van der Waals surface area contributed by atoms with Gasteiger partial charge in [-0.2, -0.15) is 0 Å². The highest BCUT2D eigenvalue weighted by atomic mass is 16.1. The molecule has 0 fully saturated rings. The topological polar surface area (TPSA) is 120 Å². The number of carbonyl (C=O) groups is 1. The van der Waals surface area contributed by atoms with Crippen molar-refractivity contribution in [1.29, 1.82) is 0 Å². The number of aliphatic imine (C=N–C) groups is 2. The maximum atomic E-state index is 10.7. The molecule has 0 spiro atoms. The van der Waals surface area contributed by atoms with Gasteiger partial charge in [-0.15, -0.1) is 0 Å². The van der Waals surface area contributed by atoms with E-state index in [-0.39, 0.29) is 17.2 Å². The number of nitrogens with two attached hydrogens (primary N) is 3. The molecule has 0 saturated heterocycles. The maximum absolute atomic E-state index is 10.7. The standard InChI is InChI=1S/C7H13N5O/c1-4(6(10)13)7(11-3-8)12-5(2)9/h3H,1-2H3,(H2,8,11)(H2,9,12)(H2,10,13)/b7-4-. The van der Waals surface area contributed by atoms with Crippen LogP contribution in [0.2, 0.25) is 0 Å². The van der Waals surface area contributed by atoms with Crippen molar-refractivity contribution in [3.8, 4) is 0 Å². The molecule has 0 bridgehead atoms. The average molecular weight is 183 g/mol. The molecule has 0 radical (unpaired) electrons. The van der Waals surface area contributed by atoms with Crippen LogP contribution < -0.4 is 17.2 Å². The van der Waals surface area contributed by atoms with Crippen molar-refractivity contribution in [2.45, 2.75) is 13.8 Å². The van der Waals surface area contributed by atoms with Gasteiger partial charge >= 0.3 is 0 Å². The van der Waals surface area contributed by atoms with Gasteiger partial charge < -0.3 is 17.2 Å². The van der Waals surface area contributed by atoms with Crippen molar-refractivity contribution in [2.24, 2.45) is 27.2 Å².